The number of nitrogens with zero attached hydrogens (tertiary/aromatic N) is 1. The molecule has 1 aliphatic heterocycles. The van der Waals surface area contributed by atoms with E-state index in [4.69, 9.17) is 10.5 Å². The van der Waals surface area contributed by atoms with Crippen LogP contribution in [0.25, 0.3) is 0 Å². The zero-order valence-corrected chi connectivity index (χ0v) is 19.3. The SMILES string of the molecule is C=C/C(C1=Nc2ccccc2NC(=O)C1)=C(\C=C/C)OCC(=O)NCCN.CC.CC. The topological polar surface area (TPSA) is 106 Å². The van der Waals surface area contributed by atoms with Crippen LogP contribution in [0.5, 0.6) is 0 Å². The van der Waals surface area contributed by atoms with Crippen LogP contribution in [0.2, 0.25) is 0 Å². The highest BCUT2D eigenvalue weighted by Crippen LogP contribution is 2.29. The second-order valence-electron chi connectivity index (χ2n) is 5.71. The highest BCUT2D eigenvalue weighted by molar-refractivity contribution is 6.18. The Labute approximate surface area is 186 Å². The minimum atomic E-state index is -0.281. The van der Waals surface area contributed by atoms with Crippen LogP contribution in [-0.2, 0) is 14.3 Å². The summed E-state index contributed by atoms with van der Waals surface area (Å²) >= 11 is 0. The number of allylic oxidation sites excluding steroid dienone is 4. The summed E-state index contributed by atoms with van der Waals surface area (Å²) in [6.07, 6.45) is 5.14. The van der Waals surface area contributed by atoms with E-state index in [0.29, 0.717) is 41.5 Å². The zero-order valence-electron chi connectivity index (χ0n) is 19.3. The number of hydrogen-bond acceptors (Lipinski definition) is 5. The van der Waals surface area contributed by atoms with Gasteiger partial charge in [0.2, 0.25) is 5.91 Å². The lowest BCUT2D eigenvalue weighted by molar-refractivity contribution is -0.124. The lowest BCUT2D eigenvalue weighted by Crippen LogP contribution is -2.32. The minimum absolute atomic E-state index is 0.0693. The van der Waals surface area contributed by atoms with Gasteiger partial charge in [-0.15, -0.1) is 0 Å². The summed E-state index contributed by atoms with van der Waals surface area (Å²) < 4.78 is 5.67. The average molecular weight is 429 g/mol. The molecule has 0 radical (unpaired) electrons. The van der Waals surface area contributed by atoms with Crippen LogP contribution in [0.4, 0.5) is 11.4 Å². The number of anilines is 1. The lowest BCUT2D eigenvalue weighted by Gasteiger charge is -2.13. The van der Waals surface area contributed by atoms with Crippen molar-refractivity contribution in [3.63, 3.8) is 0 Å². The second kappa shape index (κ2) is 16.6. The zero-order chi connectivity index (χ0) is 23.6. The number of nitrogens with two attached hydrogens (primary N) is 1. The number of fused-ring (bicyclic) bond motifs is 1. The number of nitrogens with one attached hydrogen (secondary N) is 2. The van der Waals surface area contributed by atoms with Crippen LogP contribution in [0.15, 0.2) is 65.4 Å². The van der Waals surface area contributed by atoms with E-state index >= 15 is 0 Å². The van der Waals surface area contributed by atoms with Crippen LogP contribution in [-0.4, -0.2) is 37.2 Å². The van der Waals surface area contributed by atoms with Gasteiger partial charge in [-0.25, -0.2) is 4.99 Å². The van der Waals surface area contributed by atoms with E-state index in [-0.39, 0.29) is 24.8 Å². The van der Waals surface area contributed by atoms with Crippen molar-refractivity contribution in [2.24, 2.45) is 10.7 Å². The molecule has 0 fully saturated rings. The van der Waals surface area contributed by atoms with Gasteiger partial charge in [0.05, 0.1) is 23.5 Å². The maximum Gasteiger partial charge on any atom is 0.257 e. The first-order valence-corrected chi connectivity index (χ1v) is 10.6. The van der Waals surface area contributed by atoms with Gasteiger partial charge in [0.25, 0.3) is 5.91 Å². The molecule has 31 heavy (non-hydrogen) atoms. The first-order valence-electron chi connectivity index (χ1n) is 10.6. The molecule has 0 aliphatic carbocycles. The van der Waals surface area contributed by atoms with Crippen LogP contribution < -0.4 is 16.4 Å². The van der Waals surface area contributed by atoms with E-state index in [9.17, 15) is 9.59 Å². The second-order valence-corrected chi connectivity index (χ2v) is 5.71. The normalized spacial score (nSPS) is 13.0. The molecule has 7 heteroatoms. The Kier molecular flexibility index (Phi) is 14.9. The maximum absolute atomic E-state index is 12.3. The molecule has 1 heterocycles. The van der Waals surface area contributed by atoms with Crippen molar-refractivity contribution in [1.29, 1.82) is 0 Å². The summed E-state index contributed by atoms with van der Waals surface area (Å²) in [7, 11) is 0. The van der Waals surface area contributed by atoms with E-state index in [1.165, 1.54) is 0 Å². The third-order valence-electron chi connectivity index (χ3n) is 3.69. The largest absolute Gasteiger partial charge is 0.483 e. The molecule has 1 aromatic rings. The van der Waals surface area contributed by atoms with Gasteiger partial charge in [-0.05, 0) is 25.1 Å². The lowest BCUT2D eigenvalue weighted by atomic mass is 10.1. The number of ether oxygens (including phenoxy) is 1. The van der Waals surface area contributed by atoms with E-state index < -0.39 is 0 Å². The molecule has 0 bridgehead atoms. The fourth-order valence-electron chi connectivity index (χ4n) is 2.50. The van der Waals surface area contributed by atoms with Gasteiger partial charge in [-0.1, -0.05) is 58.6 Å². The van der Waals surface area contributed by atoms with Gasteiger partial charge in [0.15, 0.2) is 6.61 Å². The number of amides is 2. The molecule has 1 aromatic carbocycles. The summed E-state index contributed by atoms with van der Waals surface area (Å²) in [5.74, 6) is -0.0448. The summed E-state index contributed by atoms with van der Waals surface area (Å²) in [6.45, 7) is 14.2. The van der Waals surface area contributed by atoms with E-state index in [1.807, 2.05) is 52.8 Å². The Morgan fingerprint density at radius 2 is 1.97 bits per heavy atom. The van der Waals surface area contributed by atoms with Gasteiger partial charge in [0, 0.05) is 18.7 Å². The highest BCUT2D eigenvalue weighted by Gasteiger charge is 2.20. The molecule has 7 nitrogen and oxygen atoms in total. The van der Waals surface area contributed by atoms with Gasteiger partial charge < -0.3 is 21.1 Å². The fraction of sp³-hybridized carbons (Fsp3) is 0.375. The van der Waals surface area contributed by atoms with E-state index in [1.54, 1.807) is 24.3 Å². The molecule has 0 unspecified atom stereocenters. The number of aliphatic imine (C=N–C) groups is 1. The summed E-state index contributed by atoms with van der Waals surface area (Å²) in [6, 6.07) is 7.29. The van der Waals surface area contributed by atoms with Gasteiger partial charge in [0.1, 0.15) is 5.76 Å². The van der Waals surface area contributed by atoms with Crippen molar-refractivity contribution < 1.29 is 14.3 Å². The molecule has 2 rings (SSSR count). The molecule has 0 atom stereocenters. The number of hydrogen-bond donors (Lipinski definition) is 3. The summed E-state index contributed by atoms with van der Waals surface area (Å²) in [5.41, 5.74) is 7.75. The Morgan fingerprint density at radius 3 is 2.58 bits per heavy atom. The van der Waals surface area contributed by atoms with Crippen molar-refractivity contribution in [2.75, 3.05) is 25.0 Å². The molecule has 4 N–H and O–H groups in total. The number of carbonyl (C=O) groups is 2. The number of benzene rings is 1. The van der Waals surface area contributed by atoms with Crippen LogP contribution in [0, 0.1) is 0 Å². The van der Waals surface area contributed by atoms with Crippen LogP contribution >= 0.6 is 0 Å². The molecular formula is C24H36N4O3. The Balaban J connectivity index is 0.00000212. The van der Waals surface area contributed by atoms with Crippen molar-refractivity contribution in [2.45, 2.75) is 41.0 Å². The van der Waals surface area contributed by atoms with Crippen LogP contribution in [0.3, 0.4) is 0 Å². The predicted octanol–water partition coefficient (Wildman–Crippen LogP) is 4.26. The van der Waals surface area contributed by atoms with E-state index in [0.717, 1.165) is 0 Å². The fourth-order valence-corrected chi connectivity index (χ4v) is 2.50. The minimum Gasteiger partial charge on any atom is -0.483 e. The smallest absolute Gasteiger partial charge is 0.257 e. The number of para-hydroxylation sites is 2. The van der Waals surface area contributed by atoms with E-state index in [2.05, 4.69) is 22.2 Å². The molecule has 0 saturated carbocycles. The average Bonchev–Trinajstić information content (AvgIpc) is 2.97. The summed E-state index contributed by atoms with van der Waals surface area (Å²) in [5, 5.41) is 5.47. The highest BCUT2D eigenvalue weighted by atomic mass is 16.5. The van der Waals surface area contributed by atoms with Gasteiger partial charge in [-0.3, -0.25) is 9.59 Å². The number of rotatable bonds is 8. The molecule has 1 aliphatic rings. The van der Waals surface area contributed by atoms with Crippen molar-refractivity contribution in [3.8, 4) is 0 Å². The monoisotopic (exact) mass is 428 g/mol. The van der Waals surface area contributed by atoms with Gasteiger partial charge in [-0.2, -0.15) is 0 Å². The van der Waals surface area contributed by atoms with Crippen molar-refractivity contribution >= 4 is 28.9 Å². The Bertz CT molecular complexity index is 811. The molecule has 2 amide bonds. The first-order chi connectivity index (χ1) is 15.1. The van der Waals surface area contributed by atoms with Crippen molar-refractivity contribution in [3.05, 3.63) is 60.4 Å². The standard InChI is InChI=1S/C20H24N4O3.2C2H6/c1-3-7-18(27-13-20(26)22-11-10-21)14(4-2)17-12-19(25)24-16-9-6-5-8-15(16)23-17;2*1-2/h3-9H,2,10-13,21H2,1H3,(H,22,26)(H,24,25);2*1-2H3/b7-3-,18-14-;;. The van der Waals surface area contributed by atoms with Crippen molar-refractivity contribution in [1.82, 2.24) is 5.32 Å². The Hall–Kier alpha value is -3.19. The first kappa shape index (κ1) is 27.8. The molecule has 170 valence electrons. The predicted molar refractivity (Wildman–Crippen MR) is 130 cm³/mol. The molecule has 0 saturated heterocycles. The third-order valence-corrected chi connectivity index (χ3v) is 3.69. The maximum atomic E-state index is 12.3. The molecule has 0 aromatic heterocycles. The van der Waals surface area contributed by atoms with Gasteiger partial charge >= 0.3 is 0 Å². The third kappa shape index (κ3) is 9.44. The quantitative estimate of drug-likeness (QED) is 0.425. The number of carbonyl (C=O) groups excluding carboxylic acids is 2. The molecular weight excluding hydrogens is 392 g/mol. The Morgan fingerprint density at radius 1 is 1.29 bits per heavy atom. The summed E-state index contributed by atoms with van der Waals surface area (Å²) in [4.78, 5) is 28.7. The van der Waals surface area contributed by atoms with Crippen LogP contribution in [0.1, 0.15) is 41.0 Å². The molecule has 0 spiro atoms.